The summed E-state index contributed by atoms with van der Waals surface area (Å²) in [5.41, 5.74) is 0. The molecule has 2 N–H and O–H groups in total. The van der Waals surface area contributed by atoms with Crippen molar-refractivity contribution in [3.8, 4) is 0 Å². The van der Waals surface area contributed by atoms with E-state index in [9.17, 15) is 4.39 Å². The fourth-order valence-electron chi connectivity index (χ4n) is 0.211. The van der Waals surface area contributed by atoms with Gasteiger partial charge in [0.15, 0.2) is 12.5 Å². The summed E-state index contributed by atoms with van der Waals surface area (Å²) in [5.74, 6) is 0. The molecule has 3 heteroatoms. The summed E-state index contributed by atoms with van der Waals surface area (Å²) in [6.45, 7) is 1.55. The van der Waals surface area contributed by atoms with Crippen LogP contribution in [0.25, 0.3) is 0 Å². The van der Waals surface area contributed by atoms with Crippen molar-refractivity contribution < 1.29 is 14.6 Å². The van der Waals surface area contributed by atoms with Gasteiger partial charge in [-0.15, -0.1) is 0 Å². The maximum absolute atomic E-state index is 11.8. The van der Waals surface area contributed by atoms with E-state index in [-0.39, 0.29) is 6.42 Å². The Morgan fingerprint density at radius 2 is 2.00 bits per heavy atom. The third-order valence-electron chi connectivity index (χ3n) is 0.714. The topological polar surface area (TPSA) is 40.5 Å². The highest BCUT2D eigenvalue weighted by Crippen LogP contribution is 1.98. The highest BCUT2D eigenvalue weighted by atomic mass is 19.1. The Morgan fingerprint density at radius 1 is 1.57 bits per heavy atom. The van der Waals surface area contributed by atoms with Crippen LogP contribution in [0.4, 0.5) is 4.39 Å². The summed E-state index contributed by atoms with van der Waals surface area (Å²) in [6.07, 6.45) is -3.14. The van der Waals surface area contributed by atoms with Crippen LogP contribution >= 0.6 is 0 Å². The van der Waals surface area contributed by atoms with Gasteiger partial charge >= 0.3 is 0 Å². The summed E-state index contributed by atoms with van der Waals surface area (Å²) in [6, 6.07) is 0. The lowest BCUT2D eigenvalue weighted by Crippen LogP contribution is -2.19. The van der Waals surface area contributed by atoms with Gasteiger partial charge in [-0.1, -0.05) is 6.92 Å². The molecule has 0 bridgehead atoms. The van der Waals surface area contributed by atoms with E-state index >= 15 is 0 Å². The van der Waals surface area contributed by atoms with Gasteiger partial charge < -0.3 is 10.2 Å². The largest absolute Gasteiger partial charge is 0.366 e. The van der Waals surface area contributed by atoms with E-state index in [2.05, 4.69) is 0 Å². The van der Waals surface area contributed by atoms with E-state index in [1.807, 2.05) is 0 Å². The molecule has 0 aromatic carbocycles. The minimum Gasteiger partial charge on any atom is -0.366 e. The zero-order valence-corrected chi connectivity index (χ0v) is 4.13. The zero-order valence-electron chi connectivity index (χ0n) is 4.13. The molecule has 2 nitrogen and oxygen atoms in total. The predicted molar refractivity (Wildman–Crippen MR) is 23.4 cm³/mol. The molecule has 0 heterocycles. The quantitative estimate of drug-likeness (QED) is 0.490. The van der Waals surface area contributed by atoms with Crippen molar-refractivity contribution in [2.75, 3.05) is 0 Å². The smallest absolute Gasteiger partial charge is 0.183 e. The molecule has 44 valence electrons. The monoisotopic (exact) mass is 108 g/mol. The van der Waals surface area contributed by atoms with Gasteiger partial charge in [0, 0.05) is 0 Å². The van der Waals surface area contributed by atoms with Crippen molar-refractivity contribution in [2.24, 2.45) is 0 Å². The molecule has 0 aliphatic rings. The lowest BCUT2D eigenvalue weighted by molar-refractivity contribution is -0.0938. The molecule has 1 unspecified atom stereocenters. The van der Waals surface area contributed by atoms with Crippen molar-refractivity contribution >= 4 is 0 Å². The summed E-state index contributed by atoms with van der Waals surface area (Å²) in [4.78, 5) is 0. The Balaban J connectivity index is 3.14. The molecule has 0 aliphatic carbocycles. The Hall–Kier alpha value is -0.150. The van der Waals surface area contributed by atoms with E-state index in [4.69, 9.17) is 10.2 Å². The van der Waals surface area contributed by atoms with Crippen molar-refractivity contribution in [1.29, 1.82) is 0 Å². The standard InChI is InChI=1S/C4H9FO2/c1-2-3(5)4(6)7/h3-4,6-7H,2H2,1H3. The van der Waals surface area contributed by atoms with E-state index in [1.165, 1.54) is 0 Å². The number of hydrogen-bond acceptors (Lipinski definition) is 2. The highest BCUT2D eigenvalue weighted by Gasteiger charge is 2.10. The molecule has 0 saturated heterocycles. The lowest BCUT2D eigenvalue weighted by atomic mass is 10.3. The van der Waals surface area contributed by atoms with Gasteiger partial charge in [-0.3, -0.25) is 0 Å². The molecule has 7 heavy (non-hydrogen) atoms. The predicted octanol–water partition coefficient (Wildman–Crippen LogP) is 0.0452. The number of hydrogen-bond donors (Lipinski definition) is 2. The first kappa shape index (κ1) is 6.85. The molecule has 0 spiro atoms. The van der Waals surface area contributed by atoms with Crippen LogP contribution in [0, 0.1) is 0 Å². The Morgan fingerprint density at radius 3 is 2.00 bits per heavy atom. The van der Waals surface area contributed by atoms with E-state index < -0.39 is 12.5 Å². The van der Waals surface area contributed by atoms with E-state index in [0.717, 1.165) is 0 Å². The van der Waals surface area contributed by atoms with Gasteiger partial charge in [0.1, 0.15) is 0 Å². The summed E-state index contributed by atoms with van der Waals surface area (Å²) < 4.78 is 11.8. The fraction of sp³-hybridized carbons (Fsp3) is 1.00. The second-order valence-corrected chi connectivity index (χ2v) is 1.34. The van der Waals surface area contributed by atoms with Crippen LogP contribution in [-0.2, 0) is 0 Å². The van der Waals surface area contributed by atoms with Crippen LogP contribution in [0.15, 0.2) is 0 Å². The number of halogens is 1. The Bertz CT molecular complexity index is 47.0. The van der Waals surface area contributed by atoms with Crippen LogP contribution in [0.1, 0.15) is 13.3 Å². The minimum atomic E-state index is -1.80. The molecular weight excluding hydrogens is 99.0 g/mol. The van der Waals surface area contributed by atoms with Gasteiger partial charge in [-0.2, -0.15) is 0 Å². The Kier molecular flexibility index (Phi) is 2.87. The number of alkyl halides is 1. The molecule has 0 aromatic rings. The first-order chi connectivity index (χ1) is 3.18. The van der Waals surface area contributed by atoms with Gasteiger partial charge in [0.05, 0.1) is 0 Å². The van der Waals surface area contributed by atoms with Crippen LogP contribution in [0.2, 0.25) is 0 Å². The van der Waals surface area contributed by atoms with Crippen LogP contribution in [-0.4, -0.2) is 22.7 Å². The van der Waals surface area contributed by atoms with Crippen LogP contribution in [0.5, 0.6) is 0 Å². The van der Waals surface area contributed by atoms with E-state index in [0.29, 0.717) is 0 Å². The van der Waals surface area contributed by atoms with Gasteiger partial charge in [0.25, 0.3) is 0 Å². The third kappa shape index (κ3) is 2.53. The van der Waals surface area contributed by atoms with Crippen LogP contribution < -0.4 is 0 Å². The highest BCUT2D eigenvalue weighted by molar-refractivity contribution is 4.51. The first-order valence-electron chi connectivity index (χ1n) is 2.18. The zero-order chi connectivity index (χ0) is 5.86. The van der Waals surface area contributed by atoms with Gasteiger partial charge in [-0.05, 0) is 6.42 Å². The molecule has 0 radical (unpaired) electrons. The number of aliphatic hydroxyl groups is 2. The lowest BCUT2D eigenvalue weighted by Gasteiger charge is -2.04. The van der Waals surface area contributed by atoms with Crippen molar-refractivity contribution in [3.63, 3.8) is 0 Å². The molecule has 0 rings (SSSR count). The molecule has 0 aromatic heterocycles. The van der Waals surface area contributed by atoms with Crippen molar-refractivity contribution in [3.05, 3.63) is 0 Å². The maximum Gasteiger partial charge on any atom is 0.183 e. The summed E-state index contributed by atoms with van der Waals surface area (Å²) >= 11 is 0. The number of rotatable bonds is 2. The number of aliphatic hydroxyl groups excluding tert-OH is 1. The normalized spacial score (nSPS) is 15.0. The van der Waals surface area contributed by atoms with Gasteiger partial charge in [0.2, 0.25) is 0 Å². The van der Waals surface area contributed by atoms with Crippen molar-refractivity contribution in [1.82, 2.24) is 0 Å². The molecule has 0 fully saturated rings. The van der Waals surface area contributed by atoms with Crippen LogP contribution in [0.3, 0.4) is 0 Å². The summed E-state index contributed by atoms with van der Waals surface area (Å²) in [5, 5.41) is 16.0. The second-order valence-electron chi connectivity index (χ2n) is 1.34. The minimum absolute atomic E-state index is 0.150. The molecule has 1 atom stereocenters. The molecule has 0 amide bonds. The van der Waals surface area contributed by atoms with E-state index in [1.54, 1.807) is 6.92 Å². The van der Waals surface area contributed by atoms with Crippen molar-refractivity contribution in [2.45, 2.75) is 25.8 Å². The maximum atomic E-state index is 11.8. The first-order valence-corrected chi connectivity index (χ1v) is 2.18. The van der Waals surface area contributed by atoms with Gasteiger partial charge in [-0.25, -0.2) is 4.39 Å². The third-order valence-corrected chi connectivity index (χ3v) is 0.714. The molecular formula is C4H9FO2. The Labute approximate surface area is 41.6 Å². The SMILES string of the molecule is CCC(F)C(O)O. The fourth-order valence-corrected chi connectivity index (χ4v) is 0.211. The summed E-state index contributed by atoms with van der Waals surface area (Å²) in [7, 11) is 0. The molecule has 0 aliphatic heterocycles. The average molecular weight is 108 g/mol. The molecule has 0 saturated carbocycles. The second kappa shape index (κ2) is 2.93. The average Bonchev–Trinajstić information content (AvgIpc) is 1.65.